The van der Waals surface area contributed by atoms with Gasteiger partial charge in [-0.2, -0.15) is 23.7 Å². The number of nitrogens with zero attached hydrogens (tertiary/aromatic N) is 2. The first-order chi connectivity index (χ1) is 20.8. The number of hydrogen-bond acceptors (Lipinski definition) is 5. The first kappa shape index (κ1) is 32.0. The molecule has 0 radical (unpaired) electrons. The van der Waals surface area contributed by atoms with E-state index in [-0.39, 0.29) is 50.1 Å². The van der Waals surface area contributed by atoms with E-state index in [1.165, 1.54) is 48.5 Å². The molecular weight excluding hydrogens is 572 g/mol. The molecule has 4 rings (SSSR count). The second-order valence-electron chi connectivity index (χ2n) is 11.4. The van der Waals surface area contributed by atoms with Gasteiger partial charge in [0.2, 0.25) is 0 Å². The van der Waals surface area contributed by atoms with Gasteiger partial charge >= 0.3 is 12.1 Å². The summed E-state index contributed by atoms with van der Waals surface area (Å²) in [5, 5.41) is 20.4. The van der Waals surface area contributed by atoms with Crippen LogP contribution in [0.3, 0.4) is 0 Å². The second-order valence-corrected chi connectivity index (χ2v) is 11.4. The van der Waals surface area contributed by atoms with Crippen molar-refractivity contribution in [3.8, 4) is 34.8 Å². The highest BCUT2D eigenvalue weighted by Crippen LogP contribution is 2.47. The van der Waals surface area contributed by atoms with Crippen LogP contribution < -0.4 is 4.74 Å². The first-order valence-corrected chi connectivity index (χ1v) is 14.1. The standard InChI is InChI=1S/C35H30F4N2O3/c1-5-6-7-16-43-33(42)22-10-14-26(15-11-22)44-32-30-23(18-28(36)31(32)34(2,3)4)17-24(19-40)27(20-41)29(30)21-8-12-25(13-9-21)35(37,38)39/h8-15,17-18H,5-7,16H2,1-4H3. The predicted octanol–water partition coefficient (Wildman–Crippen LogP) is 9.84. The monoisotopic (exact) mass is 602 g/mol. The molecule has 0 saturated heterocycles. The van der Waals surface area contributed by atoms with E-state index in [4.69, 9.17) is 9.47 Å². The van der Waals surface area contributed by atoms with Gasteiger partial charge in [-0.25, -0.2) is 9.18 Å². The van der Waals surface area contributed by atoms with Gasteiger partial charge in [0.05, 0.1) is 28.9 Å². The number of benzene rings is 4. The Balaban J connectivity index is 1.94. The number of ether oxygens (including phenoxy) is 2. The van der Waals surface area contributed by atoms with Crippen molar-refractivity contribution < 1.29 is 31.8 Å². The number of esters is 1. The lowest BCUT2D eigenvalue weighted by molar-refractivity contribution is -0.137. The highest BCUT2D eigenvalue weighted by Gasteiger charge is 2.32. The summed E-state index contributed by atoms with van der Waals surface area (Å²) in [5.41, 5.74) is -1.05. The van der Waals surface area contributed by atoms with E-state index < -0.39 is 28.9 Å². The van der Waals surface area contributed by atoms with E-state index in [1.54, 1.807) is 20.8 Å². The average Bonchev–Trinajstić information content (AvgIpc) is 2.97. The average molecular weight is 603 g/mol. The van der Waals surface area contributed by atoms with Gasteiger partial charge in [0.15, 0.2) is 0 Å². The van der Waals surface area contributed by atoms with Gasteiger partial charge in [-0.05, 0) is 71.3 Å². The zero-order valence-corrected chi connectivity index (χ0v) is 24.7. The quantitative estimate of drug-likeness (QED) is 0.114. The molecule has 0 spiro atoms. The highest BCUT2D eigenvalue weighted by molar-refractivity contribution is 6.05. The van der Waals surface area contributed by atoms with E-state index in [1.807, 2.05) is 19.1 Å². The zero-order chi connectivity index (χ0) is 32.2. The number of unbranched alkanes of at least 4 members (excludes halogenated alkanes) is 2. The van der Waals surface area contributed by atoms with E-state index in [0.717, 1.165) is 31.4 Å². The van der Waals surface area contributed by atoms with Crippen molar-refractivity contribution in [1.82, 2.24) is 0 Å². The Kier molecular flexibility index (Phi) is 9.30. The molecule has 9 heteroatoms. The third kappa shape index (κ3) is 6.68. The second kappa shape index (κ2) is 12.8. The van der Waals surface area contributed by atoms with Crippen LogP contribution in [0, 0.1) is 28.5 Å². The first-order valence-electron chi connectivity index (χ1n) is 14.1. The van der Waals surface area contributed by atoms with Gasteiger partial charge in [0.25, 0.3) is 0 Å². The number of carbonyl (C=O) groups is 1. The normalized spacial score (nSPS) is 11.6. The van der Waals surface area contributed by atoms with Gasteiger partial charge in [0.1, 0.15) is 29.5 Å². The van der Waals surface area contributed by atoms with E-state index >= 15 is 4.39 Å². The van der Waals surface area contributed by atoms with Crippen molar-refractivity contribution in [3.05, 3.63) is 94.3 Å². The topological polar surface area (TPSA) is 83.1 Å². The molecule has 0 saturated carbocycles. The van der Waals surface area contributed by atoms with Crippen LogP contribution >= 0.6 is 0 Å². The summed E-state index contributed by atoms with van der Waals surface area (Å²) in [7, 11) is 0. The van der Waals surface area contributed by atoms with Crippen molar-refractivity contribution in [2.75, 3.05) is 6.61 Å². The smallest absolute Gasteiger partial charge is 0.416 e. The molecule has 44 heavy (non-hydrogen) atoms. The molecule has 0 heterocycles. The van der Waals surface area contributed by atoms with Crippen LogP contribution in [0.15, 0.2) is 60.7 Å². The summed E-state index contributed by atoms with van der Waals surface area (Å²) < 4.78 is 67.6. The van der Waals surface area contributed by atoms with Crippen molar-refractivity contribution in [3.63, 3.8) is 0 Å². The molecule has 0 fully saturated rings. The van der Waals surface area contributed by atoms with Crippen molar-refractivity contribution in [1.29, 1.82) is 10.5 Å². The molecule has 0 unspecified atom stereocenters. The fourth-order valence-electron chi connectivity index (χ4n) is 5.00. The maximum Gasteiger partial charge on any atom is 0.416 e. The van der Waals surface area contributed by atoms with Crippen LogP contribution in [-0.2, 0) is 16.3 Å². The molecule has 0 bridgehead atoms. The molecule has 0 aromatic heterocycles. The van der Waals surface area contributed by atoms with E-state index in [0.29, 0.717) is 12.2 Å². The van der Waals surface area contributed by atoms with Gasteiger partial charge in [0, 0.05) is 16.5 Å². The van der Waals surface area contributed by atoms with Crippen LogP contribution in [0.4, 0.5) is 17.6 Å². The Morgan fingerprint density at radius 1 is 0.909 bits per heavy atom. The third-order valence-electron chi connectivity index (χ3n) is 7.11. The van der Waals surface area contributed by atoms with Crippen molar-refractivity contribution in [2.24, 2.45) is 0 Å². The van der Waals surface area contributed by atoms with Crippen molar-refractivity contribution in [2.45, 2.75) is 58.5 Å². The molecule has 0 amide bonds. The maximum absolute atomic E-state index is 15.8. The van der Waals surface area contributed by atoms with E-state index in [2.05, 4.69) is 0 Å². The van der Waals surface area contributed by atoms with Crippen LogP contribution in [0.25, 0.3) is 21.9 Å². The third-order valence-corrected chi connectivity index (χ3v) is 7.11. The Morgan fingerprint density at radius 2 is 1.57 bits per heavy atom. The molecule has 0 aliphatic carbocycles. The van der Waals surface area contributed by atoms with Gasteiger partial charge in [-0.1, -0.05) is 52.7 Å². The lowest BCUT2D eigenvalue weighted by Crippen LogP contribution is -2.16. The number of hydrogen-bond donors (Lipinski definition) is 0. The minimum Gasteiger partial charge on any atom is -0.462 e. The van der Waals surface area contributed by atoms with Gasteiger partial charge in [-0.3, -0.25) is 0 Å². The Bertz CT molecular complexity index is 1770. The number of halogens is 4. The largest absolute Gasteiger partial charge is 0.462 e. The number of rotatable bonds is 8. The summed E-state index contributed by atoms with van der Waals surface area (Å²) in [6.07, 6.45) is -1.90. The molecule has 0 N–H and O–H groups in total. The number of carbonyl (C=O) groups excluding carboxylic acids is 1. The van der Waals surface area contributed by atoms with Crippen LogP contribution in [0.1, 0.15) is 79.6 Å². The summed E-state index contributed by atoms with van der Waals surface area (Å²) >= 11 is 0. The summed E-state index contributed by atoms with van der Waals surface area (Å²) in [6, 6.07) is 16.8. The molecule has 4 aromatic carbocycles. The Hall–Kier alpha value is -4.89. The Labute approximate surface area is 253 Å². The molecule has 0 aliphatic rings. The number of alkyl halides is 3. The van der Waals surface area contributed by atoms with Gasteiger partial charge in [-0.15, -0.1) is 0 Å². The molecule has 0 atom stereocenters. The molecular formula is C35H30F4N2O3. The summed E-state index contributed by atoms with van der Waals surface area (Å²) in [6.45, 7) is 7.66. The molecule has 0 aliphatic heterocycles. The lowest BCUT2D eigenvalue weighted by atomic mass is 9.81. The zero-order valence-electron chi connectivity index (χ0n) is 24.7. The number of fused-ring (bicyclic) bond motifs is 1. The lowest BCUT2D eigenvalue weighted by Gasteiger charge is -2.26. The Morgan fingerprint density at radius 3 is 2.11 bits per heavy atom. The van der Waals surface area contributed by atoms with E-state index in [9.17, 15) is 28.5 Å². The predicted molar refractivity (Wildman–Crippen MR) is 159 cm³/mol. The fraction of sp³-hybridized carbons (Fsp3) is 0.286. The number of nitriles is 2. The maximum atomic E-state index is 15.8. The van der Waals surface area contributed by atoms with Crippen molar-refractivity contribution >= 4 is 16.7 Å². The van der Waals surface area contributed by atoms with Gasteiger partial charge < -0.3 is 9.47 Å². The minimum atomic E-state index is -4.59. The fourth-order valence-corrected chi connectivity index (χ4v) is 5.00. The van der Waals surface area contributed by atoms with Crippen LogP contribution in [-0.4, -0.2) is 12.6 Å². The van der Waals surface area contributed by atoms with Crippen LogP contribution in [0.5, 0.6) is 11.5 Å². The molecule has 4 aromatic rings. The van der Waals surface area contributed by atoms with Crippen LogP contribution in [0.2, 0.25) is 0 Å². The SMILES string of the molecule is CCCCCOC(=O)c1ccc(Oc2c(C(C)(C)C)c(F)cc3cc(C#N)c(C#N)c(-c4ccc(C(F)(F)F)cc4)c23)cc1. The highest BCUT2D eigenvalue weighted by atomic mass is 19.4. The summed E-state index contributed by atoms with van der Waals surface area (Å²) in [5.74, 6) is -0.838. The summed E-state index contributed by atoms with van der Waals surface area (Å²) in [4.78, 5) is 12.5. The minimum absolute atomic E-state index is 0.0401. The molecule has 226 valence electrons. The molecule has 5 nitrogen and oxygen atoms in total.